The molecule has 2 aromatic carbocycles. The largest absolute Gasteiger partial charge is 0.369 e. The van der Waals surface area contributed by atoms with Crippen molar-refractivity contribution >= 4 is 5.82 Å². The summed E-state index contributed by atoms with van der Waals surface area (Å²) < 4.78 is 2.09. The molecule has 1 N–H and O–H groups in total. The number of fused-ring (bicyclic) bond motifs is 1. The molecule has 0 radical (unpaired) electrons. The van der Waals surface area contributed by atoms with E-state index in [1.165, 1.54) is 27.9 Å². The second-order valence-electron chi connectivity index (χ2n) is 6.11. The molecule has 1 aromatic heterocycles. The summed E-state index contributed by atoms with van der Waals surface area (Å²) in [6.07, 6.45) is 2.04. The highest BCUT2D eigenvalue weighted by atomic mass is 15.3. The van der Waals surface area contributed by atoms with Crippen LogP contribution < -0.4 is 5.32 Å². The van der Waals surface area contributed by atoms with Crippen LogP contribution in [-0.4, -0.2) is 16.3 Å². The van der Waals surface area contributed by atoms with Crippen molar-refractivity contribution in [3.63, 3.8) is 0 Å². The van der Waals surface area contributed by atoms with Gasteiger partial charge in [-0.1, -0.05) is 55.0 Å². The molecule has 3 heteroatoms. The first kappa shape index (κ1) is 14.1. The molecule has 0 aliphatic carbocycles. The molecule has 3 aromatic rings. The van der Waals surface area contributed by atoms with Gasteiger partial charge < -0.3 is 5.32 Å². The van der Waals surface area contributed by atoms with Crippen molar-refractivity contribution in [1.29, 1.82) is 0 Å². The zero-order chi connectivity index (χ0) is 15.8. The smallest absolute Gasteiger partial charge is 0.133 e. The van der Waals surface area contributed by atoms with E-state index in [0.717, 1.165) is 30.9 Å². The molecule has 0 unspecified atom stereocenters. The molecule has 0 amide bonds. The maximum atomic E-state index is 4.96. The highest BCUT2D eigenvalue weighted by molar-refractivity contribution is 5.73. The van der Waals surface area contributed by atoms with Gasteiger partial charge in [-0.25, -0.2) is 4.68 Å². The summed E-state index contributed by atoms with van der Waals surface area (Å²) in [4.78, 5) is 0. The fraction of sp³-hybridized carbons (Fsp3) is 0.250. The maximum Gasteiger partial charge on any atom is 0.133 e. The highest BCUT2D eigenvalue weighted by Gasteiger charge is 2.24. The van der Waals surface area contributed by atoms with Gasteiger partial charge in [-0.05, 0) is 31.4 Å². The summed E-state index contributed by atoms with van der Waals surface area (Å²) in [7, 11) is 0. The molecular weight excluding hydrogens is 282 g/mol. The van der Waals surface area contributed by atoms with Crippen LogP contribution in [0.1, 0.15) is 23.6 Å². The Labute approximate surface area is 137 Å². The highest BCUT2D eigenvalue weighted by Crippen LogP contribution is 2.35. The fourth-order valence-corrected chi connectivity index (χ4v) is 3.31. The first-order valence-electron chi connectivity index (χ1n) is 8.29. The Balaban J connectivity index is 1.90. The van der Waals surface area contributed by atoms with Crippen LogP contribution in [0.4, 0.5) is 5.82 Å². The number of nitrogens with zero attached hydrogens (tertiary/aromatic N) is 2. The summed E-state index contributed by atoms with van der Waals surface area (Å²) >= 11 is 0. The van der Waals surface area contributed by atoms with Crippen molar-refractivity contribution in [2.45, 2.75) is 26.7 Å². The van der Waals surface area contributed by atoms with Crippen LogP contribution in [0.3, 0.4) is 0 Å². The summed E-state index contributed by atoms with van der Waals surface area (Å²) in [5.74, 6) is 1.15. The van der Waals surface area contributed by atoms with Gasteiger partial charge >= 0.3 is 0 Å². The van der Waals surface area contributed by atoms with Gasteiger partial charge in [0.05, 0.1) is 11.4 Å². The number of aromatic nitrogens is 2. The lowest BCUT2D eigenvalue weighted by molar-refractivity contribution is 0.866. The van der Waals surface area contributed by atoms with Gasteiger partial charge in [-0.2, -0.15) is 5.10 Å². The van der Waals surface area contributed by atoms with Crippen LogP contribution in [0.2, 0.25) is 0 Å². The SMILES string of the molecule is CCc1ccccc1-n1nc(-c2ccc(C)cc2)c2c1NCC2. The van der Waals surface area contributed by atoms with E-state index in [2.05, 4.69) is 72.4 Å². The average molecular weight is 303 g/mol. The van der Waals surface area contributed by atoms with E-state index in [1.807, 2.05) is 0 Å². The van der Waals surface area contributed by atoms with Gasteiger partial charge in [0.15, 0.2) is 0 Å². The Bertz CT molecular complexity index is 844. The number of aryl methyl sites for hydroxylation is 2. The lowest BCUT2D eigenvalue weighted by atomic mass is 10.1. The van der Waals surface area contributed by atoms with Crippen LogP contribution in [0.25, 0.3) is 16.9 Å². The van der Waals surface area contributed by atoms with Crippen molar-refractivity contribution in [2.75, 3.05) is 11.9 Å². The van der Waals surface area contributed by atoms with Gasteiger partial charge in [0.1, 0.15) is 5.82 Å². The molecule has 3 nitrogen and oxygen atoms in total. The average Bonchev–Trinajstić information content (AvgIpc) is 3.18. The van der Waals surface area contributed by atoms with Gasteiger partial charge in [0, 0.05) is 17.7 Å². The minimum atomic E-state index is 0.986. The lowest BCUT2D eigenvalue weighted by Crippen LogP contribution is -2.06. The predicted octanol–water partition coefficient (Wildman–Crippen LogP) is 4.38. The Morgan fingerprint density at radius 2 is 1.87 bits per heavy atom. The third kappa shape index (κ3) is 2.33. The first-order chi connectivity index (χ1) is 11.3. The summed E-state index contributed by atoms with van der Waals surface area (Å²) in [6, 6.07) is 17.2. The molecule has 116 valence electrons. The van der Waals surface area contributed by atoms with Crippen LogP contribution in [0, 0.1) is 6.92 Å². The number of benzene rings is 2. The number of rotatable bonds is 3. The second-order valence-corrected chi connectivity index (χ2v) is 6.11. The zero-order valence-corrected chi connectivity index (χ0v) is 13.6. The number of hydrogen-bond donors (Lipinski definition) is 1. The van der Waals surface area contributed by atoms with E-state index < -0.39 is 0 Å². The Morgan fingerprint density at radius 1 is 1.09 bits per heavy atom. The molecule has 0 bridgehead atoms. The van der Waals surface area contributed by atoms with Crippen molar-refractivity contribution in [3.05, 3.63) is 65.2 Å². The van der Waals surface area contributed by atoms with E-state index in [0.29, 0.717) is 0 Å². The maximum absolute atomic E-state index is 4.96. The summed E-state index contributed by atoms with van der Waals surface area (Å²) in [5, 5.41) is 8.49. The van der Waals surface area contributed by atoms with E-state index >= 15 is 0 Å². The van der Waals surface area contributed by atoms with Gasteiger partial charge in [-0.3, -0.25) is 0 Å². The molecule has 0 saturated carbocycles. The third-order valence-electron chi connectivity index (χ3n) is 4.58. The monoisotopic (exact) mass is 303 g/mol. The Kier molecular flexibility index (Phi) is 3.41. The Morgan fingerprint density at radius 3 is 2.65 bits per heavy atom. The standard InChI is InChI=1S/C20H21N3/c1-3-15-6-4-5-7-18(15)23-20-17(12-13-21-20)19(22-23)16-10-8-14(2)9-11-16/h4-11,21H,3,12-13H2,1-2H3. The van der Waals surface area contributed by atoms with Gasteiger partial charge in [0.25, 0.3) is 0 Å². The van der Waals surface area contributed by atoms with Crippen LogP contribution in [-0.2, 0) is 12.8 Å². The predicted molar refractivity (Wildman–Crippen MR) is 95.3 cm³/mol. The van der Waals surface area contributed by atoms with Crippen molar-refractivity contribution in [1.82, 2.24) is 9.78 Å². The number of anilines is 1. The lowest BCUT2D eigenvalue weighted by Gasteiger charge is -2.10. The molecule has 2 heterocycles. The molecular formula is C20H21N3. The molecule has 23 heavy (non-hydrogen) atoms. The molecule has 0 atom stereocenters. The van der Waals surface area contributed by atoms with Crippen LogP contribution in [0.15, 0.2) is 48.5 Å². The topological polar surface area (TPSA) is 29.9 Å². The second kappa shape index (κ2) is 5.58. The van der Waals surface area contributed by atoms with E-state index in [1.54, 1.807) is 0 Å². The number of nitrogens with one attached hydrogen (secondary N) is 1. The molecule has 1 aliphatic rings. The van der Waals surface area contributed by atoms with Gasteiger partial charge in [-0.15, -0.1) is 0 Å². The van der Waals surface area contributed by atoms with E-state index in [9.17, 15) is 0 Å². The van der Waals surface area contributed by atoms with Crippen molar-refractivity contribution < 1.29 is 0 Å². The molecule has 4 rings (SSSR count). The van der Waals surface area contributed by atoms with Crippen LogP contribution in [0.5, 0.6) is 0 Å². The number of para-hydroxylation sites is 1. The zero-order valence-electron chi connectivity index (χ0n) is 13.6. The van der Waals surface area contributed by atoms with E-state index in [-0.39, 0.29) is 0 Å². The number of hydrogen-bond acceptors (Lipinski definition) is 2. The fourth-order valence-electron chi connectivity index (χ4n) is 3.31. The normalized spacial score (nSPS) is 13.0. The van der Waals surface area contributed by atoms with Crippen LogP contribution >= 0.6 is 0 Å². The van der Waals surface area contributed by atoms with Crippen molar-refractivity contribution in [2.24, 2.45) is 0 Å². The summed E-state index contributed by atoms with van der Waals surface area (Å²) in [5.41, 5.74) is 7.42. The quantitative estimate of drug-likeness (QED) is 0.778. The van der Waals surface area contributed by atoms with E-state index in [4.69, 9.17) is 5.10 Å². The Hall–Kier alpha value is -2.55. The molecule has 0 saturated heterocycles. The van der Waals surface area contributed by atoms with Crippen molar-refractivity contribution in [3.8, 4) is 16.9 Å². The first-order valence-corrected chi connectivity index (χ1v) is 8.29. The molecule has 0 spiro atoms. The minimum Gasteiger partial charge on any atom is -0.369 e. The van der Waals surface area contributed by atoms with Gasteiger partial charge in [0.2, 0.25) is 0 Å². The molecule has 1 aliphatic heterocycles. The summed E-state index contributed by atoms with van der Waals surface area (Å²) in [6.45, 7) is 5.29. The third-order valence-corrected chi connectivity index (χ3v) is 4.58. The minimum absolute atomic E-state index is 0.986. The molecule has 0 fully saturated rings.